The second-order valence-corrected chi connectivity index (χ2v) is 7.11. The number of para-hydroxylation sites is 1. The number of tetrazole rings is 1. The molecule has 5 aromatic rings. The fraction of sp³-hybridized carbons (Fsp3) is 0.0417. The van der Waals surface area contributed by atoms with Crippen LogP contribution in [0.15, 0.2) is 83.5 Å². The fourth-order valence-electron chi connectivity index (χ4n) is 3.38. The molecule has 156 valence electrons. The number of aromatic nitrogens is 5. The summed E-state index contributed by atoms with van der Waals surface area (Å²) in [6.45, 7) is 1.91. The predicted molar refractivity (Wildman–Crippen MR) is 121 cm³/mol. The van der Waals surface area contributed by atoms with Crippen LogP contribution in [0.2, 0.25) is 0 Å². The smallest absolute Gasteiger partial charge is 0.274 e. The van der Waals surface area contributed by atoms with Crippen molar-refractivity contribution in [1.82, 2.24) is 25.2 Å². The van der Waals surface area contributed by atoms with Gasteiger partial charge in [-0.1, -0.05) is 48.5 Å². The average Bonchev–Trinajstić information content (AvgIpc) is 3.50. The van der Waals surface area contributed by atoms with Crippen molar-refractivity contribution in [2.45, 2.75) is 6.92 Å². The van der Waals surface area contributed by atoms with Gasteiger partial charge in [0.1, 0.15) is 11.5 Å². The summed E-state index contributed by atoms with van der Waals surface area (Å²) in [4.78, 5) is 18.1. The zero-order valence-electron chi connectivity index (χ0n) is 17.1. The molecule has 8 nitrogen and oxygen atoms in total. The number of rotatable bonds is 5. The van der Waals surface area contributed by atoms with E-state index in [4.69, 9.17) is 4.42 Å². The minimum absolute atomic E-state index is 0.202. The van der Waals surface area contributed by atoms with Gasteiger partial charge in [-0.05, 0) is 41.6 Å². The number of nitrogens with zero attached hydrogens (tertiary/aromatic N) is 5. The molecule has 0 fully saturated rings. The van der Waals surface area contributed by atoms with Gasteiger partial charge in [0.15, 0.2) is 5.82 Å². The molecule has 5 rings (SSSR count). The summed E-state index contributed by atoms with van der Waals surface area (Å²) in [7, 11) is 0. The van der Waals surface area contributed by atoms with Crippen molar-refractivity contribution in [3.05, 3.63) is 90.5 Å². The van der Waals surface area contributed by atoms with Crippen LogP contribution in [0.3, 0.4) is 0 Å². The van der Waals surface area contributed by atoms with E-state index in [1.165, 1.54) is 10.9 Å². The number of benzene rings is 2. The van der Waals surface area contributed by atoms with E-state index >= 15 is 0 Å². The Hall–Kier alpha value is -4.59. The van der Waals surface area contributed by atoms with E-state index in [2.05, 4.69) is 25.8 Å². The number of anilines is 1. The van der Waals surface area contributed by atoms with Crippen molar-refractivity contribution < 1.29 is 9.21 Å². The molecule has 0 radical (unpaired) electrons. The number of carbonyl (C=O) groups excluding carboxylic acids is 1. The highest BCUT2D eigenvalue weighted by molar-refractivity contribution is 6.25. The van der Waals surface area contributed by atoms with Crippen LogP contribution in [0.4, 0.5) is 5.69 Å². The van der Waals surface area contributed by atoms with Crippen LogP contribution in [-0.4, -0.2) is 31.1 Å². The minimum atomic E-state index is -0.401. The molecule has 3 aromatic heterocycles. The Balaban J connectivity index is 1.59. The minimum Gasteiger partial charge on any atom is -0.465 e. The molecule has 2 aromatic carbocycles. The molecule has 0 aliphatic rings. The van der Waals surface area contributed by atoms with Crippen molar-refractivity contribution in [2.75, 3.05) is 5.32 Å². The van der Waals surface area contributed by atoms with Crippen LogP contribution in [0.1, 0.15) is 11.5 Å². The molecule has 0 atom stereocenters. The quantitative estimate of drug-likeness (QED) is 0.421. The predicted octanol–water partition coefficient (Wildman–Crippen LogP) is 4.43. The Bertz CT molecular complexity index is 1420. The highest BCUT2D eigenvalue weighted by Gasteiger charge is 2.21. The zero-order valence-corrected chi connectivity index (χ0v) is 17.1. The van der Waals surface area contributed by atoms with Gasteiger partial charge in [0.25, 0.3) is 5.91 Å². The molecule has 0 aliphatic carbocycles. The van der Waals surface area contributed by atoms with E-state index < -0.39 is 5.91 Å². The fourth-order valence-corrected chi connectivity index (χ4v) is 3.38. The van der Waals surface area contributed by atoms with Gasteiger partial charge in [0.2, 0.25) is 0 Å². The molecular weight excluding hydrogens is 404 g/mol. The van der Waals surface area contributed by atoms with E-state index in [0.717, 1.165) is 16.6 Å². The lowest BCUT2D eigenvalue weighted by Gasteiger charge is -2.12. The highest BCUT2D eigenvalue weighted by atomic mass is 16.3. The Labute approximate surface area is 183 Å². The number of amides is 1. The summed E-state index contributed by atoms with van der Waals surface area (Å²) in [5.74, 6) is 0.531. The van der Waals surface area contributed by atoms with Crippen molar-refractivity contribution in [3.63, 3.8) is 0 Å². The second-order valence-electron chi connectivity index (χ2n) is 7.11. The van der Waals surface area contributed by atoms with Crippen LogP contribution < -0.4 is 5.32 Å². The Morgan fingerprint density at radius 2 is 1.88 bits per heavy atom. The maximum absolute atomic E-state index is 13.5. The third-order valence-electron chi connectivity index (χ3n) is 4.89. The first-order valence-corrected chi connectivity index (χ1v) is 9.96. The van der Waals surface area contributed by atoms with Gasteiger partial charge in [-0.3, -0.25) is 9.78 Å². The Kier molecular flexibility index (Phi) is 5.01. The van der Waals surface area contributed by atoms with Gasteiger partial charge in [-0.25, -0.2) is 0 Å². The zero-order chi connectivity index (χ0) is 21.9. The van der Waals surface area contributed by atoms with Gasteiger partial charge in [-0.2, -0.15) is 4.68 Å². The van der Waals surface area contributed by atoms with E-state index in [-0.39, 0.29) is 5.70 Å². The van der Waals surface area contributed by atoms with Crippen LogP contribution in [0.5, 0.6) is 0 Å². The number of furan rings is 1. The molecular formula is C24H18N6O2. The highest BCUT2D eigenvalue weighted by Crippen LogP contribution is 2.25. The number of aryl methyl sites for hydroxylation is 1. The van der Waals surface area contributed by atoms with Gasteiger partial charge in [0.05, 0.1) is 17.5 Å². The van der Waals surface area contributed by atoms with E-state index in [0.29, 0.717) is 22.8 Å². The summed E-state index contributed by atoms with van der Waals surface area (Å²) < 4.78 is 6.84. The number of hydrogen-bond donors (Lipinski definition) is 1. The number of fused-ring (bicyclic) bond motifs is 1. The average molecular weight is 422 g/mol. The van der Waals surface area contributed by atoms with Crippen molar-refractivity contribution in [3.8, 4) is 11.4 Å². The van der Waals surface area contributed by atoms with Gasteiger partial charge in [-0.15, -0.1) is 5.10 Å². The first kappa shape index (κ1) is 19.4. The largest absolute Gasteiger partial charge is 0.465 e. The third kappa shape index (κ3) is 3.77. The molecule has 0 bridgehead atoms. The van der Waals surface area contributed by atoms with Gasteiger partial charge >= 0.3 is 0 Å². The molecule has 0 aliphatic heterocycles. The van der Waals surface area contributed by atoms with Gasteiger partial charge in [0, 0.05) is 22.7 Å². The first-order valence-electron chi connectivity index (χ1n) is 9.96. The number of pyridine rings is 1. The monoisotopic (exact) mass is 422 g/mol. The normalized spacial score (nSPS) is 11.6. The summed E-state index contributed by atoms with van der Waals surface area (Å²) >= 11 is 0. The van der Waals surface area contributed by atoms with E-state index in [9.17, 15) is 4.79 Å². The van der Waals surface area contributed by atoms with E-state index in [1.807, 2.05) is 67.6 Å². The molecule has 1 N–H and O–H groups in total. The van der Waals surface area contributed by atoms with Crippen LogP contribution >= 0.6 is 0 Å². The lowest BCUT2D eigenvalue weighted by atomic mass is 10.1. The molecule has 0 unspecified atom stereocenters. The van der Waals surface area contributed by atoms with Crippen molar-refractivity contribution in [1.29, 1.82) is 0 Å². The van der Waals surface area contributed by atoms with Gasteiger partial charge < -0.3 is 9.73 Å². The lowest BCUT2D eigenvalue weighted by molar-refractivity contribution is -0.111. The standard InChI is InChI=1S/C24H18N6O2/c1-16-12-13-17-9-5-11-20(22(17)25-16)26-24(31)21(15-19-10-6-14-32-19)30-23(27-28-29-30)18-7-3-2-4-8-18/h2-15H,1H3,(H,26,31). The number of carbonyl (C=O) groups is 1. The summed E-state index contributed by atoms with van der Waals surface area (Å²) in [5, 5.41) is 15.9. The summed E-state index contributed by atoms with van der Waals surface area (Å²) in [6, 6.07) is 22.5. The first-order chi connectivity index (χ1) is 15.7. The summed E-state index contributed by atoms with van der Waals surface area (Å²) in [5.41, 5.74) is 3.14. The third-order valence-corrected chi connectivity index (χ3v) is 4.89. The van der Waals surface area contributed by atoms with E-state index in [1.54, 1.807) is 18.2 Å². The Morgan fingerprint density at radius 1 is 1.00 bits per heavy atom. The summed E-state index contributed by atoms with van der Waals surface area (Å²) in [6.07, 6.45) is 3.14. The molecule has 32 heavy (non-hydrogen) atoms. The van der Waals surface area contributed by atoms with Crippen LogP contribution in [0, 0.1) is 6.92 Å². The van der Waals surface area contributed by atoms with Crippen LogP contribution in [0.25, 0.3) is 34.1 Å². The molecule has 1 amide bonds. The topological polar surface area (TPSA) is 98.7 Å². The maximum Gasteiger partial charge on any atom is 0.274 e. The number of hydrogen-bond acceptors (Lipinski definition) is 6. The number of nitrogens with one attached hydrogen (secondary N) is 1. The SMILES string of the molecule is Cc1ccc2cccc(NC(=O)C(=Cc3ccco3)n3nnnc3-c3ccccc3)c2n1. The van der Waals surface area contributed by atoms with Crippen molar-refractivity contribution >= 4 is 34.3 Å². The second kappa shape index (κ2) is 8.27. The maximum atomic E-state index is 13.5. The van der Waals surface area contributed by atoms with Crippen molar-refractivity contribution in [2.24, 2.45) is 0 Å². The molecule has 0 spiro atoms. The molecule has 3 heterocycles. The molecule has 8 heteroatoms. The Morgan fingerprint density at radius 3 is 2.69 bits per heavy atom. The molecule has 0 saturated heterocycles. The molecule has 0 saturated carbocycles. The van der Waals surface area contributed by atoms with Crippen LogP contribution in [-0.2, 0) is 4.79 Å². The lowest BCUT2D eigenvalue weighted by Crippen LogP contribution is -2.19.